The highest BCUT2D eigenvalue weighted by molar-refractivity contribution is 5.30. The molecule has 0 atom stereocenters. The Bertz CT molecular complexity index is 348. The highest BCUT2D eigenvalue weighted by atomic mass is 16.3. The lowest BCUT2D eigenvalue weighted by molar-refractivity contribution is 0.172. The van der Waals surface area contributed by atoms with E-state index in [1.807, 2.05) is 13.0 Å². The lowest BCUT2D eigenvalue weighted by atomic mass is 9.82. The summed E-state index contributed by atoms with van der Waals surface area (Å²) in [5.74, 6) is 0.635. The highest BCUT2D eigenvalue weighted by Crippen LogP contribution is 2.30. The maximum atomic E-state index is 9.55. The Morgan fingerprint density at radius 1 is 1.38 bits per heavy atom. The van der Waals surface area contributed by atoms with Crippen molar-refractivity contribution in [1.82, 2.24) is 9.97 Å². The number of anilines is 1. The molecule has 0 bridgehead atoms. The molecule has 0 aliphatic heterocycles. The van der Waals surface area contributed by atoms with Crippen LogP contribution in [-0.4, -0.2) is 27.2 Å². The second-order valence-corrected chi connectivity index (χ2v) is 4.65. The van der Waals surface area contributed by atoms with E-state index >= 15 is 0 Å². The molecule has 0 aromatic carbocycles. The molecule has 1 saturated carbocycles. The normalized spacial score (nSPS) is 19.4. The van der Waals surface area contributed by atoms with Gasteiger partial charge < -0.3 is 10.4 Å². The Kier molecular flexibility index (Phi) is 3.39. The van der Waals surface area contributed by atoms with Crippen LogP contribution < -0.4 is 5.32 Å². The van der Waals surface area contributed by atoms with E-state index in [0.29, 0.717) is 5.95 Å². The van der Waals surface area contributed by atoms with Gasteiger partial charge in [0.05, 0.1) is 12.1 Å². The molecule has 4 nitrogen and oxygen atoms in total. The molecule has 1 heterocycles. The van der Waals surface area contributed by atoms with Crippen LogP contribution in [0.15, 0.2) is 12.3 Å². The second-order valence-electron chi connectivity index (χ2n) is 4.65. The van der Waals surface area contributed by atoms with Gasteiger partial charge in [-0.2, -0.15) is 0 Å². The summed E-state index contributed by atoms with van der Waals surface area (Å²) in [6.45, 7) is 2.10. The van der Waals surface area contributed by atoms with Gasteiger partial charge in [0, 0.05) is 11.9 Å². The number of aliphatic hydroxyl groups is 1. The van der Waals surface area contributed by atoms with Crippen LogP contribution in [-0.2, 0) is 0 Å². The third kappa shape index (κ3) is 2.50. The van der Waals surface area contributed by atoms with Crippen LogP contribution in [0.3, 0.4) is 0 Å². The number of aromatic nitrogens is 2. The number of nitrogens with zero attached hydrogens (tertiary/aromatic N) is 2. The van der Waals surface area contributed by atoms with Crippen molar-refractivity contribution < 1.29 is 5.11 Å². The van der Waals surface area contributed by atoms with Crippen molar-refractivity contribution in [2.75, 3.05) is 11.9 Å². The number of nitrogens with one attached hydrogen (secondary N) is 1. The van der Waals surface area contributed by atoms with Crippen molar-refractivity contribution in [2.24, 2.45) is 0 Å². The Morgan fingerprint density at radius 2 is 2.12 bits per heavy atom. The summed E-state index contributed by atoms with van der Waals surface area (Å²) in [6.07, 6.45) is 7.34. The van der Waals surface area contributed by atoms with Gasteiger partial charge in [0.1, 0.15) is 0 Å². The zero-order chi connectivity index (χ0) is 11.4. The van der Waals surface area contributed by atoms with E-state index in [1.165, 1.54) is 19.3 Å². The fraction of sp³-hybridized carbons (Fsp3) is 0.667. The number of aryl methyl sites for hydroxylation is 1. The van der Waals surface area contributed by atoms with Crippen molar-refractivity contribution >= 4 is 5.95 Å². The van der Waals surface area contributed by atoms with Gasteiger partial charge in [0.15, 0.2) is 0 Å². The lowest BCUT2D eigenvalue weighted by Gasteiger charge is -2.36. The predicted molar refractivity (Wildman–Crippen MR) is 63.3 cm³/mol. The number of aliphatic hydroxyl groups excluding tert-OH is 1. The third-order valence-electron chi connectivity index (χ3n) is 3.29. The first-order valence-corrected chi connectivity index (χ1v) is 5.93. The maximum Gasteiger partial charge on any atom is 0.223 e. The molecule has 1 aromatic heterocycles. The van der Waals surface area contributed by atoms with E-state index in [9.17, 15) is 5.11 Å². The Balaban J connectivity index is 2.11. The van der Waals surface area contributed by atoms with Gasteiger partial charge in [-0.25, -0.2) is 9.97 Å². The van der Waals surface area contributed by atoms with Gasteiger partial charge in [-0.05, 0) is 25.8 Å². The molecule has 0 unspecified atom stereocenters. The Morgan fingerprint density at radius 3 is 2.75 bits per heavy atom. The lowest BCUT2D eigenvalue weighted by Crippen LogP contribution is -2.44. The van der Waals surface area contributed by atoms with Crippen molar-refractivity contribution in [1.29, 1.82) is 0 Å². The molecule has 88 valence electrons. The molecule has 1 aromatic rings. The average molecular weight is 221 g/mol. The minimum Gasteiger partial charge on any atom is -0.394 e. The second kappa shape index (κ2) is 4.78. The minimum atomic E-state index is -0.202. The third-order valence-corrected chi connectivity index (χ3v) is 3.29. The van der Waals surface area contributed by atoms with E-state index in [2.05, 4.69) is 15.3 Å². The molecule has 2 N–H and O–H groups in total. The van der Waals surface area contributed by atoms with Crippen molar-refractivity contribution in [3.63, 3.8) is 0 Å². The molecule has 16 heavy (non-hydrogen) atoms. The summed E-state index contributed by atoms with van der Waals surface area (Å²) in [4.78, 5) is 8.52. The van der Waals surface area contributed by atoms with Crippen molar-refractivity contribution in [3.8, 4) is 0 Å². The summed E-state index contributed by atoms with van der Waals surface area (Å²) in [5, 5.41) is 12.9. The van der Waals surface area contributed by atoms with Crippen molar-refractivity contribution in [3.05, 3.63) is 18.0 Å². The van der Waals surface area contributed by atoms with E-state index in [1.54, 1.807) is 6.20 Å². The van der Waals surface area contributed by atoms with Crippen LogP contribution in [0.25, 0.3) is 0 Å². The van der Waals surface area contributed by atoms with Gasteiger partial charge in [0.25, 0.3) is 0 Å². The quantitative estimate of drug-likeness (QED) is 0.818. The van der Waals surface area contributed by atoms with Gasteiger partial charge in [-0.1, -0.05) is 19.3 Å². The van der Waals surface area contributed by atoms with E-state index in [-0.39, 0.29) is 12.1 Å². The first-order chi connectivity index (χ1) is 7.74. The number of hydrogen-bond donors (Lipinski definition) is 2. The van der Waals surface area contributed by atoms with E-state index in [0.717, 1.165) is 18.5 Å². The van der Waals surface area contributed by atoms with Crippen molar-refractivity contribution in [2.45, 2.75) is 44.6 Å². The summed E-state index contributed by atoms with van der Waals surface area (Å²) in [7, 11) is 0. The van der Waals surface area contributed by atoms with Gasteiger partial charge in [-0.15, -0.1) is 0 Å². The standard InChI is InChI=1S/C12H19N3O/c1-10-5-8-13-11(14-10)15-12(9-16)6-3-2-4-7-12/h5,8,16H,2-4,6-7,9H2,1H3,(H,13,14,15). The molecule has 0 spiro atoms. The molecule has 0 amide bonds. The molecule has 4 heteroatoms. The highest BCUT2D eigenvalue weighted by Gasteiger charge is 2.31. The summed E-state index contributed by atoms with van der Waals surface area (Å²) < 4.78 is 0. The Hall–Kier alpha value is -1.16. The van der Waals surface area contributed by atoms with Crippen LogP contribution in [0.5, 0.6) is 0 Å². The van der Waals surface area contributed by atoms with Gasteiger partial charge >= 0.3 is 0 Å². The molecule has 1 fully saturated rings. The van der Waals surface area contributed by atoms with E-state index < -0.39 is 0 Å². The molecule has 2 rings (SSSR count). The summed E-state index contributed by atoms with van der Waals surface area (Å²) >= 11 is 0. The maximum absolute atomic E-state index is 9.55. The zero-order valence-electron chi connectivity index (χ0n) is 9.74. The summed E-state index contributed by atoms with van der Waals surface area (Å²) in [6, 6.07) is 1.87. The summed E-state index contributed by atoms with van der Waals surface area (Å²) in [5.41, 5.74) is 0.743. The largest absolute Gasteiger partial charge is 0.394 e. The molecule has 0 radical (unpaired) electrons. The number of hydrogen-bond acceptors (Lipinski definition) is 4. The van der Waals surface area contributed by atoms with Crippen LogP contribution in [0.2, 0.25) is 0 Å². The van der Waals surface area contributed by atoms with Gasteiger partial charge in [0.2, 0.25) is 5.95 Å². The zero-order valence-corrected chi connectivity index (χ0v) is 9.74. The molecular formula is C12H19N3O. The van der Waals surface area contributed by atoms with Crippen LogP contribution in [0.4, 0.5) is 5.95 Å². The average Bonchev–Trinajstić information content (AvgIpc) is 2.30. The Labute approximate surface area is 96.1 Å². The first kappa shape index (κ1) is 11.3. The topological polar surface area (TPSA) is 58.0 Å². The predicted octanol–water partition coefficient (Wildman–Crippen LogP) is 1.89. The SMILES string of the molecule is Cc1ccnc(NC2(CO)CCCCC2)n1. The molecule has 1 aliphatic carbocycles. The first-order valence-electron chi connectivity index (χ1n) is 5.93. The smallest absolute Gasteiger partial charge is 0.223 e. The van der Waals surface area contributed by atoms with Crippen LogP contribution in [0, 0.1) is 6.92 Å². The number of rotatable bonds is 3. The fourth-order valence-electron chi connectivity index (χ4n) is 2.30. The van der Waals surface area contributed by atoms with Crippen LogP contribution in [0.1, 0.15) is 37.8 Å². The fourth-order valence-corrected chi connectivity index (χ4v) is 2.30. The van der Waals surface area contributed by atoms with E-state index in [4.69, 9.17) is 0 Å². The van der Waals surface area contributed by atoms with Crippen LogP contribution >= 0.6 is 0 Å². The monoisotopic (exact) mass is 221 g/mol. The molecule has 0 saturated heterocycles. The van der Waals surface area contributed by atoms with Gasteiger partial charge in [-0.3, -0.25) is 0 Å². The minimum absolute atomic E-state index is 0.157. The molecule has 1 aliphatic rings. The molecular weight excluding hydrogens is 202 g/mol.